The molecule has 5 heterocycles. The predicted molar refractivity (Wildman–Crippen MR) is 182 cm³/mol. The Morgan fingerprint density at radius 3 is 1.59 bits per heavy atom. The Kier molecular flexibility index (Phi) is 4.13. The van der Waals surface area contributed by atoms with E-state index in [0.29, 0.717) is 0 Å². The number of hydrogen-bond donors (Lipinski definition) is 2. The summed E-state index contributed by atoms with van der Waals surface area (Å²) in [7, 11) is 0. The summed E-state index contributed by atoms with van der Waals surface area (Å²) in [6.45, 7) is 0. The van der Waals surface area contributed by atoms with Gasteiger partial charge in [0, 0.05) is 32.3 Å². The number of anilines is 2. The molecule has 0 saturated carbocycles. The second-order valence-electron chi connectivity index (χ2n) is 11.8. The van der Waals surface area contributed by atoms with E-state index in [1.54, 1.807) is 0 Å². The van der Waals surface area contributed by atoms with Gasteiger partial charge in [-0.2, -0.15) is 0 Å². The molecule has 0 aliphatic carbocycles. The van der Waals surface area contributed by atoms with Gasteiger partial charge in [-0.25, -0.2) is 9.98 Å². The Morgan fingerprint density at radius 2 is 1.00 bits per heavy atom. The third-order valence-corrected chi connectivity index (χ3v) is 9.82. The SMILES string of the molecule is ClB1n2c3c4cc5ccccc5cc4c2Nc2[nH]c(c4cc5ccccc5cc24)/N=c2/c4cc5ccccc5cc4c(n21)=N3. The van der Waals surface area contributed by atoms with E-state index in [4.69, 9.17) is 21.4 Å². The van der Waals surface area contributed by atoms with Crippen molar-refractivity contribution in [2.24, 2.45) is 9.98 Å². The number of hydrogen-bond acceptors (Lipinski definition) is 3. The zero-order valence-corrected chi connectivity index (χ0v) is 23.9. The van der Waals surface area contributed by atoms with Gasteiger partial charge in [-0.15, -0.1) is 11.5 Å². The average molecular weight is 583 g/mol. The van der Waals surface area contributed by atoms with Crippen LogP contribution in [0.25, 0.3) is 64.6 Å². The number of fused-ring (bicyclic) bond motifs is 14. The summed E-state index contributed by atoms with van der Waals surface area (Å²) in [4.78, 5) is 14.4. The summed E-state index contributed by atoms with van der Waals surface area (Å²) in [5.41, 5.74) is 1.60. The maximum Gasteiger partial charge on any atom is 0.499 e. The van der Waals surface area contributed by atoms with Crippen LogP contribution in [0.2, 0.25) is 0 Å². The van der Waals surface area contributed by atoms with Crippen LogP contribution >= 0.6 is 11.5 Å². The highest BCUT2D eigenvalue weighted by atomic mass is 35.5. The largest absolute Gasteiger partial charge is 0.499 e. The average Bonchev–Trinajstić information content (AvgIpc) is 3.66. The van der Waals surface area contributed by atoms with E-state index in [0.717, 1.165) is 82.7 Å². The van der Waals surface area contributed by atoms with Gasteiger partial charge in [-0.3, -0.25) is 0 Å². The molecule has 2 aliphatic heterocycles. The van der Waals surface area contributed by atoms with Gasteiger partial charge in [-0.1, -0.05) is 72.8 Å². The molecule has 0 spiro atoms. The molecule has 0 unspecified atom stereocenters. The van der Waals surface area contributed by atoms with Crippen molar-refractivity contribution in [1.82, 2.24) is 13.9 Å². The standard InChI is InChI=1S/C36H20BClN6/c38-37-43-33-27-15-21-9-3-5-11-23(21)17-29(27)35(43)42-36-30-18-24-12-6-4-10-22(24)16-28(30)34(44(36)37)41-32-26-14-20-8-2-1-7-19(20)13-25(26)31(39-32)40-33/h1-18,39-40H/b41-34-. The molecule has 0 amide bonds. The van der Waals surface area contributed by atoms with Gasteiger partial charge in [0.15, 0.2) is 0 Å². The number of H-pyrrole nitrogens is 1. The molecule has 44 heavy (non-hydrogen) atoms. The number of nitrogens with zero attached hydrogens (tertiary/aromatic N) is 4. The fraction of sp³-hybridized carbons (Fsp3) is 0. The fourth-order valence-corrected chi connectivity index (χ4v) is 7.73. The normalized spacial score (nSPS) is 14.4. The van der Waals surface area contributed by atoms with Crippen LogP contribution in [-0.2, 0) is 0 Å². The zero-order valence-electron chi connectivity index (χ0n) is 23.1. The van der Waals surface area contributed by atoms with E-state index in [9.17, 15) is 0 Å². The van der Waals surface area contributed by atoms with Gasteiger partial charge in [0.1, 0.15) is 34.2 Å². The first-order valence-corrected chi connectivity index (χ1v) is 15.2. The second kappa shape index (κ2) is 7.89. The summed E-state index contributed by atoms with van der Waals surface area (Å²) in [6.07, 6.45) is -0.592. The van der Waals surface area contributed by atoms with Crippen LogP contribution in [-0.4, -0.2) is 20.3 Å². The molecular weight excluding hydrogens is 563 g/mol. The summed E-state index contributed by atoms with van der Waals surface area (Å²) in [5, 5.41) is 17.1. The molecule has 0 fully saturated rings. The summed E-state index contributed by atoms with van der Waals surface area (Å²) in [6, 6.07) is 38.8. The van der Waals surface area contributed by atoms with E-state index in [2.05, 4.69) is 128 Å². The van der Waals surface area contributed by atoms with E-state index >= 15 is 0 Å². The lowest BCUT2D eigenvalue weighted by atomic mass is 10.1. The van der Waals surface area contributed by atoms with Crippen molar-refractivity contribution in [3.63, 3.8) is 0 Å². The third-order valence-electron chi connectivity index (χ3n) is 9.43. The maximum absolute atomic E-state index is 7.57. The molecule has 204 valence electrons. The van der Waals surface area contributed by atoms with Gasteiger partial charge in [0.25, 0.3) is 0 Å². The number of nitrogens with one attached hydrogen (secondary N) is 2. The number of rotatable bonds is 0. The molecule has 2 N–H and O–H groups in total. The Morgan fingerprint density at radius 1 is 0.523 bits per heavy atom. The highest BCUT2D eigenvalue weighted by Gasteiger charge is 2.35. The highest BCUT2D eigenvalue weighted by molar-refractivity contribution is 7.05. The van der Waals surface area contributed by atoms with Crippen molar-refractivity contribution < 1.29 is 0 Å². The Hall–Kier alpha value is -5.53. The van der Waals surface area contributed by atoms with Gasteiger partial charge in [0.2, 0.25) is 0 Å². The van der Waals surface area contributed by atoms with E-state index in [-0.39, 0.29) is 0 Å². The quantitative estimate of drug-likeness (QED) is 0.173. The lowest BCUT2D eigenvalue weighted by Gasteiger charge is -2.20. The first-order valence-electron chi connectivity index (χ1n) is 14.7. The van der Waals surface area contributed by atoms with E-state index < -0.39 is 6.40 Å². The molecule has 6 nitrogen and oxygen atoms in total. The van der Waals surface area contributed by atoms with Crippen LogP contribution in [0.3, 0.4) is 0 Å². The van der Waals surface area contributed by atoms with Crippen LogP contribution in [0.4, 0.5) is 23.3 Å². The highest BCUT2D eigenvalue weighted by Crippen LogP contribution is 2.44. The Labute approximate surface area is 254 Å². The van der Waals surface area contributed by atoms with Gasteiger partial charge in [-0.05, 0) is 68.7 Å². The summed E-state index contributed by atoms with van der Waals surface area (Å²) >= 11 is 7.57. The van der Waals surface area contributed by atoms with Crippen LogP contribution < -0.4 is 16.3 Å². The van der Waals surface area contributed by atoms with Gasteiger partial charge < -0.3 is 19.3 Å². The minimum atomic E-state index is -0.592. The minimum absolute atomic E-state index is 0.592. The van der Waals surface area contributed by atoms with Crippen molar-refractivity contribution in [2.75, 3.05) is 5.32 Å². The monoisotopic (exact) mass is 582 g/mol. The minimum Gasteiger partial charge on any atom is -0.328 e. The predicted octanol–water partition coefficient (Wildman–Crippen LogP) is 8.43. The second-order valence-corrected chi connectivity index (χ2v) is 12.2. The first-order chi connectivity index (χ1) is 21.7. The Balaban J connectivity index is 1.40. The molecule has 0 saturated heterocycles. The van der Waals surface area contributed by atoms with Crippen molar-refractivity contribution in [3.8, 4) is 0 Å². The molecule has 4 bridgehead atoms. The summed E-state index contributed by atoms with van der Waals surface area (Å²) < 4.78 is 4.20. The molecule has 2 aliphatic rings. The molecule has 3 aromatic heterocycles. The number of aromatic amines is 1. The zero-order chi connectivity index (χ0) is 28.7. The van der Waals surface area contributed by atoms with Crippen LogP contribution in [0.1, 0.15) is 0 Å². The van der Waals surface area contributed by atoms with Gasteiger partial charge in [0.05, 0.1) is 0 Å². The lowest BCUT2D eigenvalue weighted by molar-refractivity contribution is 0.934. The van der Waals surface area contributed by atoms with Crippen molar-refractivity contribution in [2.45, 2.75) is 0 Å². The molecular formula is C36H20BClN6. The number of benzene rings is 6. The molecule has 0 atom stereocenters. The molecule has 0 radical (unpaired) electrons. The topological polar surface area (TPSA) is 62.4 Å². The smallest absolute Gasteiger partial charge is 0.328 e. The van der Waals surface area contributed by atoms with Crippen LogP contribution in [0.5, 0.6) is 0 Å². The first kappa shape index (κ1) is 23.0. The van der Waals surface area contributed by atoms with E-state index in [1.165, 1.54) is 16.2 Å². The van der Waals surface area contributed by atoms with Crippen LogP contribution in [0.15, 0.2) is 119 Å². The lowest BCUT2D eigenvalue weighted by Crippen LogP contribution is -2.45. The maximum atomic E-state index is 7.57. The van der Waals surface area contributed by atoms with Crippen molar-refractivity contribution in [3.05, 3.63) is 120 Å². The fourth-order valence-electron chi connectivity index (χ4n) is 7.36. The van der Waals surface area contributed by atoms with E-state index in [1.807, 2.05) is 0 Å². The van der Waals surface area contributed by atoms with Crippen LogP contribution in [0, 0.1) is 0 Å². The summed E-state index contributed by atoms with van der Waals surface area (Å²) in [5.74, 6) is 3.40. The molecule has 6 aromatic carbocycles. The van der Waals surface area contributed by atoms with Crippen molar-refractivity contribution in [1.29, 1.82) is 0 Å². The molecule has 9 aromatic rings. The number of aromatic nitrogens is 3. The molecule has 8 heteroatoms. The Bertz CT molecular complexity index is 2900. The number of halogens is 1. The van der Waals surface area contributed by atoms with Crippen molar-refractivity contribution >= 4 is 106 Å². The third kappa shape index (κ3) is 2.82. The van der Waals surface area contributed by atoms with Gasteiger partial charge >= 0.3 is 6.40 Å². The molecule has 11 rings (SSSR count).